The number of aromatic nitrogens is 2. The number of esters is 1. The fraction of sp³-hybridized carbons (Fsp3) is 0.421. The quantitative estimate of drug-likeness (QED) is 0.412. The SMILES string of the molecule is CC(OC(=O)N(c1ccc(C(=O)OC(C)(C)C)cc1)[N+](=O)[O-])C1Cn2ccnc2O1. The Kier molecular flexibility index (Phi) is 5.63. The number of carbonyl (C=O) groups excluding carboxylic acids is 2. The molecule has 0 aliphatic carbocycles. The zero-order chi connectivity index (χ0) is 22.1. The van der Waals surface area contributed by atoms with Crippen LogP contribution in [0.5, 0.6) is 6.01 Å². The van der Waals surface area contributed by atoms with E-state index >= 15 is 0 Å². The summed E-state index contributed by atoms with van der Waals surface area (Å²) in [7, 11) is 0. The zero-order valence-corrected chi connectivity index (χ0v) is 17.0. The van der Waals surface area contributed by atoms with Crippen molar-refractivity contribution in [3.63, 3.8) is 0 Å². The van der Waals surface area contributed by atoms with E-state index in [1.54, 1.807) is 44.7 Å². The molecule has 2 atom stereocenters. The van der Waals surface area contributed by atoms with Crippen molar-refractivity contribution >= 4 is 17.7 Å². The second-order valence-corrected chi connectivity index (χ2v) is 7.71. The van der Waals surface area contributed by atoms with Crippen LogP contribution in [0.3, 0.4) is 0 Å². The number of hydrazine groups is 1. The number of ether oxygens (including phenoxy) is 3. The third-order valence-electron chi connectivity index (χ3n) is 4.20. The number of benzene rings is 1. The smallest absolute Gasteiger partial charge is 0.456 e. The van der Waals surface area contributed by atoms with E-state index in [0.717, 1.165) is 0 Å². The van der Waals surface area contributed by atoms with Gasteiger partial charge in [0.1, 0.15) is 17.4 Å². The molecular formula is C19H22N4O7. The molecule has 1 aliphatic heterocycles. The first-order valence-corrected chi connectivity index (χ1v) is 9.21. The summed E-state index contributed by atoms with van der Waals surface area (Å²) < 4.78 is 17.8. The molecule has 11 heteroatoms. The Balaban J connectivity index is 1.67. The molecule has 30 heavy (non-hydrogen) atoms. The maximum Gasteiger partial charge on any atom is 0.473 e. The monoisotopic (exact) mass is 418 g/mol. The van der Waals surface area contributed by atoms with Crippen LogP contribution in [-0.4, -0.2) is 44.5 Å². The maximum absolute atomic E-state index is 12.5. The fourth-order valence-corrected chi connectivity index (χ4v) is 2.79. The number of imidazole rings is 1. The van der Waals surface area contributed by atoms with Crippen molar-refractivity contribution < 1.29 is 28.8 Å². The molecule has 1 aromatic carbocycles. The largest absolute Gasteiger partial charge is 0.473 e. The van der Waals surface area contributed by atoms with Crippen molar-refractivity contribution in [3.8, 4) is 6.01 Å². The molecule has 0 spiro atoms. The normalized spacial score (nSPS) is 16.2. The van der Waals surface area contributed by atoms with E-state index in [9.17, 15) is 19.7 Å². The Hall–Kier alpha value is -3.63. The van der Waals surface area contributed by atoms with Crippen molar-refractivity contribution in [1.29, 1.82) is 0 Å². The molecule has 0 N–H and O–H groups in total. The van der Waals surface area contributed by atoms with Crippen LogP contribution in [0, 0.1) is 10.1 Å². The summed E-state index contributed by atoms with van der Waals surface area (Å²) >= 11 is 0. The zero-order valence-electron chi connectivity index (χ0n) is 17.0. The van der Waals surface area contributed by atoms with Crippen molar-refractivity contribution in [1.82, 2.24) is 9.55 Å². The molecule has 0 saturated heterocycles. The standard InChI is InChI=1S/C19H22N4O7/c1-12(15-11-21-10-9-20-17(21)29-15)28-18(25)22(23(26)27)14-7-5-13(6-8-14)16(24)30-19(2,3)4/h5-10,12,15H,11H2,1-4H3. The number of hydrogen-bond acceptors (Lipinski definition) is 8. The Bertz CT molecular complexity index is 928. The first-order valence-electron chi connectivity index (χ1n) is 9.21. The van der Waals surface area contributed by atoms with Crippen LogP contribution in [0.4, 0.5) is 10.5 Å². The molecule has 0 fully saturated rings. The molecule has 3 rings (SSSR count). The number of anilines is 1. The average molecular weight is 418 g/mol. The maximum atomic E-state index is 12.5. The van der Waals surface area contributed by atoms with Crippen molar-refractivity contribution in [2.24, 2.45) is 0 Å². The van der Waals surface area contributed by atoms with Gasteiger partial charge in [0.05, 0.1) is 12.1 Å². The lowest BCUT2D eigenvalue weighted by Crippen LogP contribution is -2.42. The lowest BCUT2D eigenvalue weighted by molar-refractivity contribution is -0.484. The van der Waals surface area contributed by atoms with Crippen molar-refractivity contribution in [2.45, 2.75) is 52.0 Å². The number of fused-ring (bicyclic) bond motifs is 1. The molecule has 160 valence electrons. The molecule has 0 radical (unpaired) electrons. The first kappa shape index (κ1) is 21.1. The molecule has 0 bridgehead atoms. The number of carbonyl (C=O) groups is 2. The van der Waals surface area contributed by atoms with Gasteiger partial charge in [-0.1, -0.05) is 0 Å². The van der Waals surface area contributed by atoms with Gasteiger partial charge in [0, 0.05) is 17.4 Å². The van der Waals surface area contributed by atoms with Gasteiger partial charge in [-0.05, 0) is 52.0 Å². The highest BCUT2D eigenvalue weighted by atomic mass is 16.7. The summed E-state index contributed by atoms with van der Waals surface area (Å²) in [5, 5.41) is 10.9. The summed E-state index contributed by atoms with van der Waals surface area (Å²) in [6.07, 6.45) is 0.853. The molecule has 2 aromatic rings. The molecule has 1 aromatic heterocycles. The predicted molar refractivity (Wildman–Crippen MR) is 104 cm³/mol. The van der Waals surface area contributed by atoms with Crippen LogP contribution in [0.25, 0.3) is 0 Å². The van der Waals surface area contributed by atoms with E-state index < -0.39 is 34.9 Å². The average Bonchev–Trinajstić information content (AvgIpc) is 3.22. The van der Waals surface area contributed by atoms with Crippen molar-refractivity contribution in [3.05, 3.63) is 52.3 Å². The van der Waals surface area contributed by atoms with Gasteiger partial charge in [-0.15, -0.1) is 0 Å². The number of nitro groups is 1. The number of rotatable bonds is 5. The highest BCUT2D eigenvalue weighted by molar-refractivity contribution is 5.91. The molecular weight excluding hydrogens is 396 g/mol. The van der Waals surface area contributed by atoms with Crippen LogP contribution in [-0.2, 0) is 16.0 Å². The summed E-state index contributed by atoms with van der Waals surface area (Å²) in [5.74, 6) is -0.575. The van der Waals surface area contributed by atoms with Gasteiger partial charge in [0.25, 0.3) is 6.01 Å². The van der Waals surface area contributed by atoms with E-state index in [0.29, 0.717) is 12.6 Å². The van der Waals surface area contributed by atoms with Gasteiger partial charge in [0.2, 0.25) is 0 Å². The number of nitrogens with zero attached hydrogens (tertiary/aromatic N) is 4. The summed E-state index contributed by atoms with van der Waals surface area (Å²) in [6.45, 7) is 7.18. The van der Waals surface area contributed by atoms with Crippen LogP contribution in [0.15, 0.2) is 36.7 Å². The third-order valence-corrected chi connectivity index (χ3v) is 4.20. The Morgan fingerprint density at radius 1 is 1.33 bits per heavy atom. The van der Waals surface area contributed by atoms with Crippen LogP contribution in [0.2, 0.25) is 0 Å². The Morgan fingerprint density at radius 3 is 2.57 bits per heavy atom. The van der Waals surface area contributed by atoms with E-state index in [1.165, 1.54) is 24.3 Å². The topological polar surface area (TPSA) is 126 Å². The van der Waals surface area contributed by atoms with E-state index in [1.807, 2.05) is 0 Å². The van der Waals surface area contributed by atoms with Crippen LogP contribution < -0.4 is 9.75 Å². The predicted octanol–water partition coefficient (Wildman–Crippen LogP) is 2.82. The third kappa shape index (κ3) is 4.67. The van der Waals surface area contributed by atoms with Gasteiger partial charge in [-0.3, -0.25) is 4.57 Å². The molecule has 1 aliphatic rings. The summed E-state index contributed by atoms with van der Waals surface area (Å²) in [4.78, 5) is 40.0. The second-order valence-electron chi connectivity index (χ2n) is 7.71. The minimum Gasteiger partial charge on any atom is -0.456 e. The van der Waals surface area contributed by atoms with Crippen LogP contribution >= 0.6 is 0 Å². The van der Waals surface area contributed by atoms with E-state index in [-0.39, 0.29) is 16.3 Å². The minimum atomic E-state index is -1.18. The van der Waals surface area contributed by atoms with Crippen LogP contribution in [0.1, 0.15) is 38.1 Å². The number of amides is 1. The molecule has 0 saturated carbocycles. The molecule has 11 nitrogen and oxygen atoms in total. The van der Waals surface area contributed by atoms with Gasteiger partial charge in [0.15, 0.2) is 11.1 Å². The van der Waals surface area contributed by atoms with Gasteiger partial charge >= 0.3 is 12.1 Å². The van der Waals surface area contributed by atoms with E-state index in [4.69, 9.17) is 14.2 Å². The number of hydrogen-bond donors (Lipinski definition) is 0. The van der Waals surface area contributed by atoms with Crippen molar-refractivity contribution in [2.75, 3.05) is 5.01 Å². The molecule has 1 amide bonds. The summed E-state index contributed by atoms with van der Waals surface area (Å²) in [5.41, 5.74) is -0.543. The Morgan fingerprint density at radius 2 is 2.00 bits per heavy atom. The fourth-order valence-electron chi connectivity index (χ4n) is 2.79. The van der Waals surface area contributed by atoms with Gasteiger partial charge < -0.3 is 14.2 Å². The van der Waals surface area contributed by atoms with Gasteiger partial charge in [-0.25, -0.2) is 24.7 Å². The Labute approximate surface area is 172 Å². The minimum absolute atomic E-state index is 0.0650. The van der Waals surface area contributed by atoms with Gasteiger partial charge in [-0.2, -0.15) is 0 Å². The first-order chi connectivity index (χ1) is 14.0. The molecule has 2 heterocycles. The molecule has 2 unspecified atom stereocenters. The highest BCUT2D eigenvalue weighted by Crippen LogP contribution is 2.24. The highest BCUT2D eigenvalue weighted by Gasteiger charge is 2.35. The van der Waals surface area contributed by atoms with E-state index in [2.05, 4.69) is 4.98 Å². The lowest BCUT2D eigenvalue weighted by Gasteiger charge is -2.21. The lowest BCUT2D eigenvalue weighted by atomic mass is 10.1. The summed E-state index contributed by atoms with van der Waals surface area (Å²) in [6, 6.07) is 5.63. The second kappa shape index (κ2) is 8.01.